The monoisotopic (exact) mass is 271 g/mol. The molecular formula is C8H12F3N3O4. The van der Waals surface area contributed by atoms with E-state index in [2.05, 4.69) is 0 Å². The van der Waals surface area contributed by atoms with Crippen LogP contribution in [0.1, 0.15) is 6.42 Å². The van der Waals surface area contributed by atoms with Gasteiger partial charge in [-0.05, 0) is 0 Å². The van der Waals surface area contributed by atoms with E-state index in [1.54, 1.807) is 5.32 Å². The first-order valence-corrected chi connectivity index (χ1v) is 4.69. The van der Waals surface area contributed by atoms with Crippen LogP contribution in [-0.2, 0) is 14.4 Å². The maximum absolute atomic E-state index is 11.7. The molecule has 0 aromatic rings. The Balaban J connectivity index is 4.11. The summed E-state index contributed by atoms with van der Waals surface area (Å²) in [6, 6.07) is -1.55. The second-order valence-corrected chi connectivity index (χ2v) is 3.35. The lowest BCUT2D eigenvalue weighted by atomic mass is 10.2. The zero-order valence-electron chi connectivity index (χ0n) is 9.08. The van der Waals surface area contributed by atoms with Crippen LogP contribution < -0.4 is 16.4 Å². The first-order chi connectivity index (χ1) is 8.11. The number of hydrogen-bond donors (Lipinski definition) is 4. The van der Waals surface area contributed by atoms with Gasteiger partial charge in [0, 0.05) is 0 Å². The second-order valence-electron chi connectivity index (χ2n) is 3.35. The minimum Gasteiger partial charge on any atom is -0.480 e. The molecule has 104 valence electrons. The molecule has 0 spiro atoms. The number of aliphatic carboxylic acids is 1. The number of alkyl halides is 3. The van der Waals surface area contributed by atoms with Gasteiger partial charge >= 0.3 is 12.1 Å². The summed E-state index contributed by atoms with van der Waals surface area (Å²) in [5.74, 6) is -3.43. The minimum atomic E-state index is -4.47. The van der Waals surface area contributed by atoms with Crippen molar-refractivity contribution in [2.24, 2.45) is 5.73 Å². The zero-order chi connectivity index (χ0) is 14.3. The van der Waals surface area contributed by atoms with E-state index in [-0.39, 0.29) is 0 Å². The highest BCUT2D eigenvalue weighted by Crippen LogP contribution is 2.11. The minimum absolute atomic E-state index is 0.639. The first-order valence-electron chi connectivity index (χ1n) is 4.69. The fraction of sp³-hybridized carbons (Fsp3) is 0.625. The van der Waals surface area contributed by atoms with Crippen LogP contribution in [0.4, 0.5) is 13.2 Å². The maximum Gasteiger partial charge on any atom is 0.401 e. The summed E-state index contributed by atoms with van der Waals surface area (Å²) in [6.07, 6.45) is -5.11. The number of primary amides is 1. The smallest absolute Gasteiger partial charge is 0.401 e. The van der Waals surface area contributed by atoms with Crippen molar-refractivity contribution in [2.75, 3.05) is 13.1 Å². The van der Waals surface area contributed by atoms with Crippen molar-refractivity contribution in [3.05, 3.63) is 0 Å². The standard InChI is InChI=1S/C8H12F3N3O4/c9-8(10,11)3-13-2-6(16)14-4(7(17)18)1-5(12)15/h4,13H,1-3H2,(H2,12,15)(H,14,16)(H,17,18)/t4-/m0/s1. The SMILES string of the molecule is NC(=O)C[C@H](NC(=O)CNCC(F)(F)F)C(=O)O. The average Bonchev–Trinajstić information content (AvgIpc) is 2.13. The molecule has 0 saturated heterocycles. The Labute approximate surface area is 99.5 Å². The number of carboxylic acid groups (broad SMARTS) is 1. The largest absolute Gasteiger partial charge is 0.480 e. The van der Waals surface area contributed by atoms with Gasteiger partial charge in [-0.3, -0.25) is 9.59 Å². The van der Waals surface area contributed by atoms with Gasteiger partial charge in [0.15, 0.2) is 0 Å². The van der Waals surface area contributed by atoms with Crippen molar-refractivity contribution >= 4 is 17.8 Å². The van der Waals surface area contributed by atoms with Gasteiger partial charge in [0.05, 0.1) is 19.5 Å². The van der Waals surface area contributed by atoms with Crippen LogP contribution in [0.15, 0.2) is 0 Å². The van der Waals surface area contributed by atoms with Gasteiger partial charge in [0.25, 0.3) is 0 Å². The Morgan fingerprint density at radius 2 is 1.83 bits per heavy atom. The first kappa shape index (κ1) is 16.2. The van der Waals surface area contributed by atoms with Crippen molar-refractivity contribution < 1.29 is 32.7 Å². The van der Waals surface area contributed by atoms with Crippen LogP contribution in [0, 0.1) is 0 Å². The molecule has 5 N–H and O–H groups in total. The Kier molecular flexibility index (Phi) is 6.09. The van der Waals surface area contributed by atoms with Gasteiger partial charge in [-0.15, -0.1) is 0 Å². The number of amides is 2. The third-order valence-corrected chi connectivity index (χ3v) is 1.65. The molecule has 0 aliphatic rings. The number of carboxylic acids is 1. The molecule has 0 saturated carbocycles. The summed E-state index contributed by atoms with van der Waals surface area (Å²) in [5.41, 5.74) is 4.75. The number of nitrogens with two attached hydrogens (primary N) is 1. The van der Waals surface area contributed by atoms with E-state index in [4.69, 9.17) is 10.8 Å². The van der Waals surface area contributed by atoms with Gasteiger partial charge < -0.3 is 21.5 Å². The van der Waals surface area contributed by atoms with Crippen LogP contribution in [0.2, 0.25) is 0 Å². The highest BCUT2D eigenvalue weighted by Gasteiger charge is 2.27. The Morgan fingerprint density at radius 1 is 1.28 bits per heavy atom. The molecule has 18 heavy (non-hydrogen) atoms. The summed E-state index contributed by atoms with van der Waals surface area (Å²) in [7, 11) is 0. The second kappa shape index (κ2) is 6.79. The molecular weight excluding hydrogens is 259 g/mol. The van der Waals surface area contributed by atoms with Gasteiger partial charge in [0.1, 0.15) is 6.04 Å². The topological polar surface area (TPSA) is 122 Å². The normalized spacial score (nSPS) is 12.8. The number of carbonyl (C=O) groups excluding carboxylic acids is 2. The van der Waals surface area contributed by atoms with Crippen molar-refractivity contribution in [2.45, 2.75) is 18.6 Å². The zero-order valence-corrected chi connectivity index (χ0v) is 9.08. The van der Waals surface area contributed by atoms with E-state index in [9.17, 15) is 27.6 Å². The predicted octanol–water partition coefficient (Wildman–Crippen LogP) is -1.42. The van der Waals surface area contributed by atoms with Crippen LogP contribution in [-0.4, -0.2) is 48.2 Å². The summed E-state index contributed by atoms with van der Waals surface area (Å²) >= 11 is 0. The van der Waals surface area contributed by atoms with E-state index in [0.717, 1.165) is 0 Å². The Morgan fingerprint density at radius 3 is 2.22 bits per heavy atom. The Bertz CT molecular complexity index is 332. The molecule has 2 amide bonds. The summed E-state index contributed by atoms with van der Waals surface area (Å²) in [6.45, 7) is -2.10. The number of carbonyl (C=O) groups is 3. The molecule has 0 unspecified atom stereocenters. The third kappa shape index (κ3) is 8.33. The molecule has 0 fully saturated rings. The van der Waals surface area contributed by atoms with Gasteiger partial charge in [-0.2, -0.15) is 13.2 Å². The number of hydrogen-bond acceptors (Lipinski definition) is 4. The molecule has 0 bridgehead atoms. The number of rotatable bonds is 7. The van der Waals surface area contributed by atoms with Crippen LogP contribution in [0.25, 0.3) is 0 Å². The number of nitrogens with one attached hydrogen (secondary N) is 2. The molecule has 0 aliphatic carbocycles. The van der Waals surface area contributed by atoms with Gasteiger partial charge in [-0.25, -0.2) is 4.79 Å². The summed E-state index contributed by atoms with van der Waals surface area (Å²) < 4.78 is 35.2. The average molecular weight is 271 g/mol. The highest BCUT2D eigenvalue weighted by molar-refractivity contribution is 5.88. The van der Waals surface area contributed by atoms with Gasteiger partial charge in [-0.1, -0.05) is 0 Å². The Hall–Kier alpha value is -1.84. The van der Waals surface area contributed by atoms with E-state index in [1.165, 1.54) is 0 Å². The van der Waals surface area contributed by atoms with E-state index in [0.29, 0.717) is 0 Å². The fourth-order valence-corrected chi connectivity index (χ4v) is 0.964. The van der Waals surface area contributed by atoms with Crippen molar-refractivity contribution in [1.29, 1.82) is 0 Å². The molecule has 10 heteroatoms. The summed E-state index contributed by atoms with van der Waals surface area (Å²) in [4.78, 5) is 32.1. The van der Waals surface area contributed by atoms with E-state index in [1.807, 2.05) is 5.32 Å². The lowest BCUT2D eigenvalue weighted by molar-refractivity contribution is -0.143. The van der Waals surface area contributed by atoms with Crippen molar-refractivity contribution in [1.82, 2.24) is 10.6 Å². The molecule has 0 aromatic heterocycles. The van der Waals surface area contributed by atoms with Gasteiger partial charge in [0.2, 0.25) is 11.8 Å². The van der Waals surface area contributed by atoms with Crippen molar-refractivity contribution in [3.63, 3.8) is 0 Å². The lowest BCUT2D eigenvalue weighted by Crippen LogP contribution is -2.47. The molecule has 0 aliphatic heterocycles. The fourth-order valence-electron chi connectivity index (χ4n) is 0.964. The molecule has 7 nitrogen and oxygen atoms in total. The maximum atomic E-state index is 11.7. The van der Waals surface area contributed by atoms with Crippen molar-refractivity contribution in [3.8, 4) is 0 Å². The molecule has 0 aromatic carbocycles. The van der Waals surface area contributed by atoms with Crippen LogP contribution in [0.5, 0.6) is 0 Å². The quantitative estimate of drug-likeness (QED) is 0.453. The number of halogens is 3. The van der Waals surface area contributed by atoms with E-state index < -0.39 is 49.5 Å². The van der Waals surface area contributed by atoms with E-state index >= 15 is 0 Å². The molecule has 0 radical (unpaired) electrons. The highest BCUT2D eigenvalue weighted by atomic mass is 19.4. The lowest BCUT2D eigenvalue weighted by Gasteiger charge is -2.13. The van der Waals surface area contributed by atoms with Crippen LogP contribution in [0.3, 0.4) is 0 Å². The predicted molar refractivity (Wildman–Crippen MR) is 52.3 cm³/mol. The third-order valence-electron chi connectivity index (χ3n) is 1.65. The molecule has 0 heterocycles. The molecule has 1 atom stereocenters. The summed E-state index contributed by atoms with van der Waals surface area (Å²) in [5, 5.41) is 12.2. The van der Waals surface area contributed by atoms with Crippen LogP contribution >= 0.6 is 0 Å². The molecule has 0 rings (SSSR count).